The predicted molar refractivity (Wildman–Crippen MR) is 65.3 cm³/mol. The standard InChI is InChI=1S/C12H10BrFN2O/c1-16-5-4-15-12(16)7-11(17)9-6-8(13)2-3-10(9)14/h2-6H,7H2,1H3. The van der Waals surface area contributed by atoms with E-state index in [-0.39, 0.29) is 17.8 Å². The summed E-state index contributed by atoms with van der Waals surface area (Å²) in [5.41, 5.74) is 0.0855. The lowest BCUT2D eigenvalue weighted by atomic mass is 10.1. The number of aryl methyl sites for hydroxylation is 1. The molecule has 17 heavy (non-hydrogen) atoms. The normalized spacial score (nSPS) is 10.5. The molecule has 0 N–H and O–H groups in total. The van der Waals surface area contributed by atoms with Gasteiger partial charge in [-0.2, -0.15) is 0 Å². The summed E-state index contributed by atoms with van der Waals surface area (Å²) < 4.78 is 15.9. The zero-order chi connectivity index (χ0) is 12.4. The molecule has 0 spiro atoms. The van der Waals surface area contributed by atoms with Gasteiger partial charge in [0.2, 0.25) is 0 Å². The number of carbonyl (C=O) groups is 1. The summed E-state index contributed by atoms with van der Waals surface area (Å²) in [5.74, 6) is -0.167. The lowest BCUT2D eigenvalue weighted by molar-refractivity contribution is 0.0986. The van der Waals surface area contributed by atoms with E-state index in [1.807, 2.05) is 0 Å². The molecule has 5 heteroatoms. The Morgan fingerprint density at radius 3 is 2.94 bits per heavy atom. The first-order valence-corrected chi connectivity index (χ1v) is 5.81. The van der Waals surface area contributed by atoms with E-state index >= 15 is 0 Å². The van der Waals surface area contributed by atoms with Crippen LogP contribution < -0.4 is 0 Å². The highest BCUT2D eigenvalue weighted by Crippen LogP contribution is 2.17. The maximum Gasteiger partial charge on any atom is 0.173 e. The van der Waals surface area contributed by atoms with Crippen LogP contribution in [0.2, 0.25) is 0 Å². The average molecular weight is 297 g/mol. The average Bonchev–Trinajstić information content (AvgIpc) is 2.68. The fraction of sp³-hybridized carbons (Fsp3) is 0.167. The van der Waals surface area contributed by atoms with Crippen molar-refractivity contribution in [1.82, 2.24) is 9.55 Å². The Morgan fingerprint density at radius 1 is 1.53 bits per heavy atom. The van der Waals surface area contributed by atoms with Gasteiger partial charge in [0.05, 0.1) is 12.0 Å². The van der Waals surface area contributed by atoms with Crippen LogP contribution in [0.25, 0.3) is 0 Å². The lowest BCUT2D eigenvalue weighted by Gasteiger charge is -2.03. The van der Waals surface area contributed by atoms with Gasteiger partial charge in [-0.1, -0.05) is 15.9 Å². The second kappa shape index (κ2) is 4.79. The van der Waals surface area contributed by atoms with E-state index in [0.717, 1.165) is 0 Å². The van der Waals surface area contributed by atoms with Crippen molar-refractivity contribution >= 4 is 21.7 Å². The van der Waals surface area contributed by atoms with Crippen molar-refractivity contribution in [2.24, 2.45) is 7.05 Å². The molecule has 3 nitrogen and oxygen atoms in total. The number of benzene rings is 1. The number of halogens is 2. The minimum Gasteiger partial charge on any atom is -0.338 e. The summed E-state index contributed by atoms with van der Waals surface area (Å²) in [6.07, 6.45) is 3.45. The van der Waals surface area contributed by atoms with E-state index in [1.165, 1.54) is 12.1 Å². The number of carbonyl (C=O) groups excluding carboxylic acids is 1. The number of ketones is 1. The van der Waals surface area contributed by atoms with Crippen LogP contribution in [0.4, 0.5) is 4.39 Å². The summed E-state index contributed by atoms with van der Waals surface area (Å²) in [6.45, 7) is 0. The van der Waals surface area contributed by atoms with Crippen molar-refractivity contribution in [3.8, 4) is 0 Å². The van der Waals surface area contributed by atoms with Crippen molar-refractivity contribution in [3.63, 3.8) is 0 Å². The second-order valence-electron chi connectivity index (χ2n) is 3.68. The molecule has 0 unspecified atom stereocenters. The number of nitrogens with zero attached hydrogens (tertiary/aromatic N) is 2. The zero-order valence-corrected chi connectivity index (χ0v) is 10.7. The van der Waals surface area contributed by atoms with E-state index in [4.69, 9.17) is 0 Å². The summed E-state index contributed by atoms with van der Waals surface area (Å²) in [7, 11) is 1.80. The van der Waals surface area contributed by atoms with Gasteiger partial charge in [0.15, 0.2) is 5.78 Å². The number of hydrogen-bond acceptors (Lipinski definition) is 2. The summed E-state index contributed by atoms with van der Waals surface area (Å²) in [4.78, 5) is 16.0. The van der Waals surface area contributed by atoms with E-state index in [2.05, 4.69) is 20.9 Å². The Morgan fingerprint density at radius 2 is 2.29 bits per heavy atom. The highest BCUT2D eigenvalue weighted by molar-refractivity contribution is 9.10. The predicted octanol–water partition coefficient (Wildman–Crippen LogP) is 2.75. The van der Waals surface area contributed by atoms with Crippen LogP contribution in [-0.4, -0.2) is 15.3 Å². The highest BCUT2D eigenvalue weighted by Gasteiger charge is 2.14. The monoisotopic (exact) mass is 296 g/mol. The zero-order valence-electron chi connectivity index (χ0n) is 9.15. The lowest BCUT2D eigenvalue weighted by Crippen LogP contribution is -2.10. The van der Waals surface area contributed by atoms with Gasteiger partial charge < -0.3 is 4.57 Å². The first kappa shape index (κ1) is 12.0. The molecule has 2 aromatic rings. The molecule has 0 aliphatic rings. The van der Waals surface area contributed by atoms with Crippen molar-refractivity contribution in [2.45, 2.75) is 6.42 Å². The number of rotatable bonds is 3. The second-order valence-corrected chi connectivity index (χ2v) is 4.59. The third-order valence-electron chi connectivity index (χ3n) is 2.47. The molecule has 0 radical (unpaired) electrons. The van der Waals surface area contributed by atoms with Crippen molar-refractivity contribution < 1.29 is 9.18 Å². The van der Waals surface area contributed by atoms with E-state index in [9.17, 15) is 9.18 Å². The van der Waals surface area contributed by atoms with Crippen LogP contribution in [0.1, 0.15) is 16.2 Å². The topological polar surface area (TPSA) is 34.9 Å². The maximum absolute atomic E-state index is 13.5. The molecule has 1 heterocycles. The van der Waals surface area contributed by atoms with Gasteiger partial charge >= 0.3 is 0 Å². The molecular weight excluding hydrogens is 287 g/mol. The summed E-state index contributed by atoms with van der Waals surface area (Å²) in [6, 6.07) is 4.32. The van der Waals surface area contributed by atoms with Crippen molar-refractivity contribution in [2.75, 3.05) is 0 Å². The Kier molecular flexibility index (Phi) is 3.38. The number of imidazole rings is 1. The number of Topliss-reactive ketones (excluding diaryl/α,β-unsaturated/α-hetero) is 1. The number of hydrogen-bond donors (Lipinski definition) is 0. The van der Waals surface area contributed by atoms with Crippen molar-refractivity contribution in [1.29, 1.82) is 0 Å². The van der Waals surface area contributed by atoms with Gasteiger partial charge in [-0.3, -0.25) is 4.79 Å². The van der Waals surface area contributed by atoms with Gasteiger partial charge in [-0.15, -0.1) is 0 Å². The van der Waals surface area contributed by atoms with Gasteiger partial charge in [0.25, 0.3) is 0 Å². The van der Waals surface area contributed by atoms with Crippen LogP contribution in [0.3, 0.4) is 0 Å². The minimum absolute atomic E-state index is 0.0855. The minimum atomic E-state index is -0.507. The first-order valence-electron chi connectivity index (χ1n) is 5.02. The molecular formula is C12H10BrFN2O. The Labute approximate surface area is 106 Å². The molecule has 0 amide bonds. The quantitative estimate of drug-likeness (QED) is 0.817. The fourth-order valence-corrected chi connectivity index (χ4v) is 1.88. The molecule has 0 bridgehead atoms. The van der Waals surface area contributed by atoms with Crippen LogP contribution in [-0.2, 0) is 13.5 Å². The third kappa shape index (κ3) is 2.61. The number of aromatic nitrogens is 2. The molecule has 88 valence electrons. The Bertz CT molecular complexity index is 565. The van der Waals surface area contributed by atoms with Gasteiger partial charge in [0, 0.05) is 23.9 Å². The Hall–Kier alpha value is -1.49. The Balaban J connectivity index is 2.26. The molecule has 0 aliphatic carbocycles. The third-order valence-corrected chi connectivity index (χ3v) is 2.96. The van der Waals surface area contributed by atoms with Crippen LogP contribution >= 0.6 is 15.9 Å². The SMILES string of the molecule is Cn1ccnc1CC(=O)c1cc(Br)ccc1F. The molecule has 0 saturated heterocycles. The molecule has 0 aliphatic heterocycles. The molecule has 2 rings (SSSR count). The largest absolute Gasteiger partial charge is 0.338 e. The van der Waals surface area contributed by atoms with Crippen LogP contribution in [0.15, 0.2) is 35.1 Å². The maximum atomic E-state index is 13.5. The van der Waals surface area contributed by atoms with Gasteiger partial charge in [0.1, 0.15) is 11.6 Å². The summed E-state index contributed by atoms with van der Waals surface area (Å²) in [5, 5.41) is 0. The van der Waals surface area contributed by atoms with Gasteiger partial charge in [-0.25, -0.2) is 9.37 Å². The molecule has 1 aromatic carbocycles. The van der Waals surface area contributed by atoms with Crippen LogP contribution in [0.5, 0.6) is 0 Å². The van der Waals surface area contributed by atoms with E-state index in [1.54, 1.807) is 30.1 Å². The highest BCUT2D eigenvalue weighted by atomic mass is 79.9. The smallest absolute Gasteiger partial charge is 0.173 e. The van der Waals surface area contributed by atoms with Crippen LogP contribution in [0, 0.1) is 5.82 Å². The van der Waals surface area contributed by atoms with E-state index < -0.39 is 5.82 Å². The first-order chi connectivity index (χ1) is 8.08. The van der Waals surface area contributed by atoms with Crippen molar-refractivity contribution in [3.05, 3.63) is 52.3 Å². The molecule has 0 fully saturated rings. The van der Waals surface area contributed by atoms with E-state index in [0.29, 0.717) is 10.3 Å². The fourth-order valence-electron chi connectivity index (χ4n) is 1.52. The molecule has 0 saturated carbocycles. The summed E-state index contributed by atoms with van der Waals surface area (Å²) >= 11 is 3.22. The molecule has 1 aromatic heterocycles. The molecule has 0 atom stereocenters. The van der Waals surface area contributed by atoms with Gasteiger partial charge in [-0.05, 0) is 18.2 Å².